The van der Waals surface area contributed by atoms with E-state index < -0.39 is 0 Å². The molecule has 0 radical (unpaired) electrons. The van der Waals surface area contributed by atoms with Gasteiger partial charge in [-0.2, -0.15) is 0 Å². The van der Waals surface area contributed by atoms with Crippen LogP contribution in [0.15, 0.2) is 72.8 Å². The molecule has 3 aromatic rings. The topological polar surface area (TPSA) is 14.2 Å². The van der Waals surface area contributed by atoms with Gasteiger partial charge >= 0.3 is 0 Å². The monoisotopic (exact) mass is 628 g/mol. The Bertz CT molecular complexity index is 997. The maximum Gasteiger partial charge on any atom is 0.141 e. The quantitative estimate of drug-likeness (QED) is 0.106. The lowest BCUT2D eigenvalue weighted by Crippen LogP contribution is -2.96. The third kappa shape index (κ3) is 11.7. The number of hydrogen-bond donors (Lipinski definition) is 1. The zero-order chi connectivity index (χ0) is 33.0. The molecule has 0 amide bonds. The van der Waals surface area contributed by atoms with Crippen LogP contribution in [0.4, 0.5) is 34.1 Å². The number of rotatable bonds is 24. The van der Waals surface area contributed by atoms with E-state index in [1.165, 1.54) is 116 Å². The molecular formula is C42H67N4+. The van der Waals surface area contributed by atoms with Crippen LogP contribution in [0, 0.1) is 0 Å². The first-order valence-electron chi connectivity index (χ1n) is 19.0. The minimum atomic E-state index is 1.13. The van der Waals surface area contributed by atoms with Crippen molar-refractivity contribution in [1.29, 1.82) is 0 Å². The zero-order valence-electron chi connectivity index (χ0n) is 30.5. The van der Waals surface area contributed by atoms with Gasteiger partial charge in [0.1, 0.15) is 17.1 Å². The number of quaternary nitrogens is 1. The van der Waals surface area contributed by atoms with Crippen molar-refractivity contribution in [3.05, 3.63) is 72.8 Å². The molecule has 0 saturated carbocycles. The molecular weight excluding hydrogens is 560 g/mol. The molecule has 0 fully saturated rings. The average Bonchev–Trinajstić information content (AvgIpc) is 3.10. The van der Waals surface area contributed by atoms with E-state index in [9.17, 15) is 0 Å². The second-order valence-electron chi connectivity index (χ2n) is 13.1. The average molecular weight is 628 g/mol. The van der Waals surface area contributed by atoms with Gasteiger partial charge in [-0.25, -0.2) is 4.90 Å². The first-order chi connectivity index (χ1) is 22.6. The molecule has 0 atom stereocenters. The third-order valence-electron chi connectivity index (χ3n) is 9.25. The maximum absolute atomic E-state index is 2.59. The van der Waals surface area contributed by atoms with E-state index in [2.05, 4.69) is 129 Å². The number of anilines is 3. The lowest BCUT2D eigenvalue weighted by Gasteiger charge is -2.27. The molecule has 4 heteroatoms. The first kappa shape index (κ1) is 37.5. The standard InChI is InChI=1S/C42H66N4/c1-7-13-31-43(32-14-8-2)37-19-25-40(26-20-37)46(41-27-21-38(22-28-41)44(33-15-9-3)34-16-10-4)42-29-23-39(24-30-42)45(35-17-11-5)36-18-12-6/h19-30H,7-18,31-36H2,1-6H3/p+1. The van der Waals surface area contributed by atoms with Gasteiger partial charge < -0.3 is 14.7 Å². The molecule has 1 N–H and O–H groups in total. The summed E-state index contributed by atoms with van der Waals surface area (Å²) >= 11 is 0. The van der Waals surface area contributed by atoms with E-state index in [1.54, 1.807) is 0 Å². The Morgan fingerprint density at radius 1 is 0.326 bits per heavy atom. The summed E-state index contributed by atoms with van der Waals surface area (Å²) in [5, 5.41) is 0. The molecule has 0 aliphatic carbocycles. The fraction of sp³-hybridized carbons (Fsp3) is 0.571. The highest BCUT2D eigenvalue weighted by Crippen LogP contribution is 2.25. The predicted molar refractivity (Wildman–Crippen MR) is 205 cm³/mol. The number of hydrogen-bond acceptors (Lipinski definition) is 3. The molecule has 0 aromatic heterocycles. The van der Waals surface area contributed by atoms with Crippen LogP contribution in [-0.2, 0) is 0 Å². The highest BCUT2D eigenvalue weighted by Gasteiger charge is 2.21. The Kier molecular flexibility index (Phi) is 17.7. The summed E-state index contributed by atoms with van der Waals surface area (Å²) in [6.07, 6.45) is 14.8. The van der Waals surface area contributed by atoms with Crippen LogP contribution in [0.2, 0.25) is 0 Å². The van der Waals surface area contributed by atoms with Gasteiger partial charge in [-0.15, -0.1) is 0 Å². The second-order valence-corrected chi connectivity index (χ2v) is 13.1. The van der Waals surface area contributed by atoms with Crippen molar-refractivity contribution >= 4 is 34.1 Å². The van der Waals surface area contributed by atoms with Gasteiger partial charge in [0.2, 0.25) is 0 Å². The highest BCUT2D eigenvalue weighted by molar-refractivity contribution is 5.58. The van der Waals surface area contributed by atoms with Gasteiger partial charge in [-0.3, -0.25) is 0 Å². The molecule has 254 valence electrons. The summed E-state index contributed by atoms with van der Waals surface area (Å²) < 4.78 is 0. The molecule has 4 nitrogen and oxygen atoms in total. The summed E-state index contributed by atoms with van der Waals surface area (Å²) in [4.78, 5) is 9.08. The molecule has 0 saturated heterocycles. The van der Waals surface area contributed by atoms with E-state index in [4.69, 9.17) is 0 Å². The van der Waals surface area contributed by atoms with Crippen molar-refractivity contribution in [2.75, 3.05) is 54.0 Å². The molecule has 0 bridgehead atoms. The van der Waals surface area contributed by atoms with Gasteiger partial charge in [0.05, 0.1) is 0 Å². The number of unbranched alkanes of at least 4 members (excludes halogenated alkanes) is 6. The van der Waals surface area contributed by atoms with E-state index in [0.29, 0.717) is 0 Å². The Balaban J connectivity index is 1.98. The molecule has 0 spiro atoms. The van der Waals surface area contributed by atoms with Crippen LogP contribution in [-0.4, -0.2) is 39.3 Å². The lowest BCUT2D eigenvalue weighted by atomic mass is 10.1. The van der Waals surface area contributed by atoms with Crippen LogP contribution in [0.3, 0.4) is 0 Å². The van der Waals surface area contributed by atoms with Gasteiger partial charge in [0.15, 0.2) is 0 Å². The van der Waals surface area contributed by atoms with Crippen LogP contribution < -0.4 is 19.6 Å². The Morgan fingerprint density at radius 2 is 0.522 bits per heavy atom. The molecule has 3 rings (SSSR count). The largest absolute Gasteiger partial charge is 0.372 e. The van der Waals surface area contributed by atoms with Crippen molar-refractivity contribution in [1.82, 2.24) is 0 Å². The Hall–Kier alpha value is -2.98. The van der Waals surface area contributed by atoms with Gasteiger partial charge in [0.25, 0.3) is 0 Å². The summed E-state index contributed by atoms with van der Waals surface area (Å²) in [6.45, 7) is 20.5. The predicted octanol–water partition coefficient (Wildman–Crippen LogP) is 11.1. The number of nitrogens with one attached hydrogen (secondary N) is 1. The van der Waals surface area contributed by atoms with Gasteiger partial charge in [-0.05, 0) is 74.9 Å². The summed E-state index contributed by atoms with van der Waals surface area (Å²) in [5.74, 6) is 0. The number of benzene rings is 3. The maximum atomic E-state index is 2.59. The van der Waals surface area contributed by atoms with Crippen molar-refractivity contribution in [2.24, 2.45) is 0 Å². The van der Waals surface area contributed by atoms with Crippen molar-refractivity contribution < 1.29 is 4.90 Å². The van der Waals surface area contributed by atoms with Crippen molar-refractivity contribution in [2.45, 2.75) is 119 Å². The highest BCUT2D eigenvalue weighted by atomic mass is 15.2. The van der Waals surface area contributed by atoms with Crippen molar-refractivity contribution in [3.8, 4) is 0 Å². The second kappa shape index (κ2) is 21.7. The molecule has 0 unspecified atom stereocenters. The molecule has 0 aliphatic rings. The first-order valence-corrected chi connectivity index (χ1v) is 19.0. The molecule has 0 heterocycles. The van der Waals surface area contributed by atoms with E-state index in [0.717, 1.165) is 39.3 Å². The van der Waals surface area contributed by atoms with E-state index in [-0.39, 0.29) is 0 Å². The zero-order valence-corrected chi connectivity index (χ0v) is 30.5. The molecule has 0 aliphatic heterocycles. The number of nitrogens with zero attached hydrogens (tertiary/aromatic N) is 3. The van der Waals surface area contributed by atoms with Crippen molar-refractivity contribution in [3.63, 3.8) is 0 Å². The summed E-state index contributed by atoms with van der Waals surface area (Å²) in [7, 11) is 0. The molecule has 3 aromatic carbocycles. The fourth-order valence-electron chi connectivity index (χ4n) is 6.22. The minimum Gasteiger partial charge on any atom is -0.372 e. The lowest BCUT2D eigenvalue weighted by molar-refractivity contribution is -0.681. The third-order valence-corrected chi connectivity index (χ3v) is 9.25. The van der Waals surface area contributed by atoms with E-state index >= 15 is 0 Å². The smallest absolute Gasteiger partial charge is 0.141 e. The molecule has 46 heavy (non-hydrogen) atoms. The SMILES string of the molecule is CCCCN(CCCC)c1ccc([NH+](c2ccc(N(CCCC)CCCC)cc2)c2ccc(N(CCCC)CCCC)cc2)cc1. The normalized spacial score (nSPS) is 11.3. The van der Waals surface area contributed by atoms with Crippen LogP contribution in [0.25, 0.3) is 0 Å². The summed E-state index contributed by atoms with van der Waals surface area (Å²) in [6, 6.07) is 28.3. The van der Waals surface area contributed by atoms with Crippen LogP contribution in [0.1, 0.15) is 119 Å². The van der Waals surface area contributed by atoms with Gasteiger partial charge in [0, 0.05) is 92.7 Å². The van der Waals surface area contributed by atoms with E-state index in [1.807, 2.05) is 0 Å². The Morgan fingerprint density at radius 3 is 0.696 bits per heavy atom. The van der Waals surface area contributed by atoms with Crippen LogP contribution in [0.5, 0.6) is 0 Å². The van der Waals surface area contributed by atoms with Crippen LogP contribution >= 0.6 is 0 Å². The Labute approximate surface area is 283 Å². The van der Waals surface area contributed by atoms with Gasteiger partial charge in [-0.1, -0.05) is 80.1 Å². The fourth-order valence-corrected chi connectivity index (χ4v) is 6.22. The summed E-state index contributed by atoms with van der Waals surface area (Å²) in [5.41, 5.74) is 7.91. The minimum absolute atomic E-state index is 1.13.